The number of fused-ring (bicyclic) bond motifs is 2. The molecule has 0 aliphatic heterocycles. The van der Waals surface area contributed by atoms with Gasteiger partial charge in [0.25, 0.3) is 22.9 Å². The first-order chi connectivity index (χ1) is 18.6. The summed E-state index contributed by atoms with van der Waals surface area (Å²) in [5, 5.41) is 45.5. The summed E-state index contributed by atoms with van der Waals surface area (Å²) in [6.07, 6.45) is 1.79. The normalized spacial score (nSPS) is 9.95. The number of nitrogen functional groups attached to an aromatic ring is 1. The Labute approximate surface area is 219 Å². The van der Waals surface area contributed by atoms with Gasteiger partial charge >= 0.3 is 0 Å². The Morgan fingerprint density at radius 1 is 0.641 bits per heavy atom. The molecular weight excluding hydrogens is 510 g/mol. The number of carbonyl (C=O) groups is 1. The third kappa shape index (κ3) is 7.04. The minimum Gasteiger partial charge on any atom is -0.545 e. The highest BCUT2D eigenvalue weighted by atomic mass is 16.6. The number of carboxylic acid groups (broad SMARTS) is 1. The van der Waals surface area contributed by atoms with Crippen LogP contribution in [0.1, 0.15) is 10.4 Å². The van der Waals surface area contributed by atoms with Crippen LogP contribution in [0.15, 0.2) is 97.2 Å². The Morgan fingerprint density at radius 3 is 1.36 bits per heavy atom. The molecule has 4 aromatic carbocycles. The van der Waals surface area contributed by atoms with Crippen LogP contribution in [0.3, 0.4) is 0 Å². The van der Waals surface area contributed by atoms with E-state index in [1.807, 2.05) is 66.7 Å². The maximum Gasteiger partial charge on any atom is 0.283 e. The molecule has 0 amide bonds. The zero-order valence-electron chi connectivity index (χ0n) is 19.9. The molecule has 0 atom stereocenters. The lowest BCUT2D eigenvalue weighted by molar-refractivity contribution is -0.403. The molecule has 0 aliphatic carbocycles. The number of anilines is 1. The van der Waals surface area contributed by atoms with Crippen LogP contribution >= 0.6 is 0 Å². The molecule has 1 heterocycles. The maximum absolute atomic E-state index is 11.3. The zero-order chi connectivity index (χ0) is 28.5. The summed E-state index contributed by atoms with van der Waals surface area (Å²) < 4.78 is 0. The minimum absolute atomic E-state index is 0.277. The lowest BCUT2D eigenvalue weighted by Gasteiger charge is -2.11. The summed E-state index contributed by atoms with van der Waals surface area (Å²) >= 11 is 0. The SMILES string of the molecule is Nc1cccc[nH+]1.O=C([O-])c1c2ccccc2cc2ccccc12.O=[N+]([O-])c1cc([N+](=O)[O-])cc([N+](=O)[O-])c1. The van der Waals surface area contributed by atoms with Gasteiger partial charge in [-0.2, -0.15) is 0 Å². The van der Waals surface area contributed by atoms with Gasteiger partial charge in [0, 0.05) is 11.6 Å². The molecule has 0 saturated carbocycles. The Bertz CT molecular complexity index is 1560. The molecule has 0 unspecified atom stereocenters. The average molecular weight is 529 g/mol. The minimum atomic E-state index is -1.13. The van der Waals surface area contributed by atoms with Crippen molar-refractivity contribution in [1.82, 2.24) is 0 Å². The highest BCUT2D eigenvalue weighted by Gasteiger charge is 2.21. The van der Waals surface area contributed by atoms with Crippen molar-refractivity contribution in [3.05, 3.63) is 133 Å². The standard InChI is InChI=1S/C15H10O2.C6H3N3O6.C5H6N2/c16-15(17)14-12-7-3-1-5-10(12)9-11-6-2-4-8-13(11)14;10-7(11)4-1-5(8(12)13)3-6(2-4)9(14)15;6-5-3-1-2-4-7-5/h1-9H,(H,16,17);1-3H;1-4H,(H2,6,7). The first-order valence-corrected chi connectivity index (χ1v) is 11.0. The number of aromatic nitrogens is 1. The van der Waals surface area contributed by atoms with Crippen molar-refractivity contribution < 1.29 is 29.7 Å². The summed E-state index contributed by atoms with van der Waals surface area (Å²) in [6.45, 7) is 0. The number of non-ortho nitro benzene ring substituents is 3. The molecule has 0 aliphatic rings. The van der Waals surface area contributed by atoms with Crippen molar-refractivity contribution in [3.8, 4) is 0 Å². The van der Waals surface area contributed by atoms with Crippen LogP contribution in [0, 0.1) is 30.3 Å². The molecule has 3 N–H and O–H groups in total. The summed E-state index contributed by atoms with van der Waals surface area (Å²) in [7, 11) is 0. The van der Waals surface area contributed by atoms with Crippen molar-refractivity contribution in [1.29, 1.82) is 0 Å². The van der Waals surface area contributed by atoms with Gasteiger partial charge in [-0.05, 0) is 33.7 Å². The summed E-state index contributed by atoms with van der Waals surface area (Å²) in [5.41, 5.74) is 3.53. The molecule has 0 fully saturated rings. The second kappa shape index (κ2) is 12.3. The largest absolute Gasteiger partial charge is 0.545 e. The number of nitro benzene ring substituents is 3. The van der Waals surface area contributed by atoms with Gasteiger partial charge in [-0.25, -0.2) is 4.98 Å². The quantitative estimate of drug-likeness (QED) is 0.203. The monoisotopic (exact) mass is 529 g/mol. The highest BCUT2D eigenvalue weighted by molar-refractivity contribution is 6.15. The van der Waals surface area contributed by atoms with Gasteiger partial charge < -0.3 is 9.90 Å². The molecule has 39 heavy (non-hydrogen) atoms. The zero-order valence-corrected chi connectivity index (χ0v) is 19.9. The molecule has 0 bridgehead atoms. The number of H-pyrrole nitrogens is 1. The summed E-state index contributed by atoms with van der Waals surface area (Å²) in [4.78, 5) is 42.3. The van der Waals surface area contributed by atoms with E-state index in [9.17, 15) is 40.2 Å². The van der Waals surface area contributed by atoms with Crippen molar-refractivity contribution in [2.75, 3.05) is 5.73 Å². The van der Waals surface area contributed by atoms with Gasteiger partial charge in [0.1, 0.15) is 0 Å². The highest BCUT2D eigenvalue weighted by Crippen LogP contribution is 2.28. The van der Waals surface area contributed by atoms with Crippen molar-refractivity contribution in [2.45, 2.75) is 0 Å². The van der Waals surface area contributed by atoms with E-state index >= 15 is 0 Å². The number of hydrogen-bond donors (Lipinski definition) is 1. The van der Waals surface area contributed by atoms with E-state index < -0.39 is 37.8 Å². The number of nitrogens with one attached hydrogen (secondary N) is 1. The smallest absolute Gasteiger partial charge is 0.283 e. The van der Waals surface area contributed by atoms with Gasteiger partial charge in [0.2, 0.25) is 0 Å². The number of carboxylic acids is 1. The van der Waals surface area contributed by atoms with E-state index in [0.29, 0.717) is 24.0 Å². The summed E-state index contributed by atoms with van der Waals surface area (Å²) in [6, 6.07) is 24.5. The number of benzene rings is 4. The fraction of sp³-hybridized carbons (Fsp3) is 0. The van der Waals surface area contributed by atoms with Gasteiger partial charge in [-0.3, -0.25) is 36.1 Å². The second-order valence-electron chi connectivity index (χ2n) is 7.78. The Hall–Kier alpha value is -5.98. The number of carbonyl (C=O) groups excluding carboxylic acids is 1. The predicted octanol–water partition coefficient (Wildman–Crippen LogP) is 3.85. The third-order valence-electron chi connectivity index (χ3n) is 5.23. The van der Waals surface area contributed by atoms with Gasteiger partial charge in [-0.1, -0.05) is 54.6 Å². The predicted molar refractivity (Wildman–Crippen MR) is 140 cm³/mol. The number of pyridine rings is 1. The van der Waals surface area contributed by atoms with Crippen LogP contribution < -0.4 is 15.8 Å². The molecule has 5 rings (SSSR count). The fourth-order valence-corrected chi connectivity index (χ4v) is 3.54. The molecule has 1 aromatic heterocycles. The van der Waals surface area contributed by atoms with Crippen LogP contribution in [-0.2, 0) is 0 Å². The Kier molecular flexibility index (Phi) is 8.72. The van der Waals surface area contributed by atoms with Crippen LogP contribution in [-0.4, -0.2) is 20.7 Å². The van der Waals surface area contributed by atoms with E-state index in [2.05, 4.69) is 4.98 Å². The van der Waals surface area contributed by atoms with Gasteiger partial charge in [-0.15, -0.1) is 0 Å². The van der Waals surface area contributed by atoms with E-state index in [1.54, 1.807) is 12.3 Å². The van der Waals surface area contributed by atoms with Crippen molar-refractivity contribution >= 4 is 50.4 Å². The van der Waals surface area contributed by atoms with E-state index in [0.717, 1.165) is 21.5 Å². The number of nitrogens with two attached hydrogens (primary N) is 1. The maximum atomic E-state index is 11.3. The van der Waals surface area contributed by atoms with E-state index in [-0.39, 0.29) is 5.56 Å². The Balaban J connectivity index is 0.000000175. The van der Waals surface area contributed by atoms with Crippen molar-refractivity contribution in [3.63, 3.8) is 0 Å². The first kappa shape index (κ1) is 27.6. The number of aromatic amines is 1. The molecule has 13 nitrogen and oxygen atoms in total. The third-order valence-corrected chi connectivity index (χ3v) is 5.23. The van der Waals surface area contributed by atoms with Crippen LogP contribution in [0.25, 0.3) is 21.5 Å². The number of hydrogen-bond acceptors (Lipinski definition) is 9. The lowest BCUT2D eigenvalue weighted by Crippen LogP contribution is -2.22. The molecule has 13 heteroatoms. The molecule has 0 radical (unpaired) electrons. The Morgan fingerprint density at radius 2 is 1.05 bits per heavy atom. The molecule has 196 valence electrons. The molecular formula is C26H19N5O8. The number of nitrogens with zero attached hydrogens (tertiary/aromatic N) is 3. The van der Waals surface area contributed by atoms with Gasteiger partial charge in [0.15, 0.2) is 0 Å². The van der Waals surface area contributed by atoms with E-state index in [1.165, 1.54) is 0 Å². The molecule has 0 saturated heterocycles. The second-order valence-corrected chi connectivity index (χ2v) is 7.78. The first-order valence-electron chi connectivity index (χ1n) is 11.0. The topological polar surface area (TPSA) is 210 Å². The number of rotatable bonds is 4. The lowest BCUT2D eigenvalue weighted by atomic mass is 9.97. The molecule has 5 aromatic rings. The summed E-state index contributed by atoms with van der Waals surface area (Å²) in [5.74, 6) is -0.430. The van der Waals surface area contributed by atoms with Gasteiger partial charge in [0.05, 0.1) is 45.1 Å². The van der Waals surface area contributed by atoms with Crippen LogP contribution in [0.2, 0.25) is 0 Å². The number of aromatic carboxylic acids is 1. The van der Waals surface area contributed by atoms with E-state index in [4.69, 9.17) is 5.73 Å². The van der Waals surface area contributed by atoms with Crippen LogP contribution in [0.4, 0.5) is 22.9 Å². The molecule has 0 spiro atoms. The number of nitro groups is 3. The fourth-order valence-electron chi connectivity index (χ4n) is 3.54. The van der Waals surface area contributed by atoms with Crippen LogP contribution in [0.5, 0.6) is 0 Å². The van der Waals surface area contributed by atoms with Crippen molar-refractivity contribution in [2.24, 2.45) is 0 Å². The average Bonchev–Trinajstić information content (AvgIpc) is 2.92.